The first-order valence-electron chi connectivity index (χ1n) is 10.8. The number of nitrogens with zero attached hydrogens (tertiary/aromatic N) is 2. The van der Waals surface area contributed by atoms with E-state index in [0.29, 0.717) is 60.8 Å². The standard InChI is InChI=1S/C24H26F3N3O4/c1-14-29-19-10-20(31-3)21(34-13-16-12-32-7-8-33-16)9-17(19)23(30-14)28-11-15-5-4-6-18(22(15)25)24(2,26)27/h4-6,9-10,16H,7-8,11-13H2,1-3H3,(H,28,29,30). The molecule has 1 fully saturated rings. The molecule has 0 amide bonds. The molecule has 2 aromatic carbocycles. The summed E-state index contributed by atoms with van der Waals surface area (Å²) in [5.74, 6) is -2.39. The number of nitrogens with one attached hydrogen (secondary N) is 1. The number of methoxy groups -OCH3 is 1. The van der Waals surface area contributed by atoms with Crippen molar-refractivity contribution in [2.45, 2.75) is 32.4 Å². The van der Waals surface area contributed by atoms with E-state index in [4.69, 9.17) is 18.9 Å². The van der Waals surface area contributed by atoms with Gasteiger partial charge in [-0.2, -0.15) is 0 Å². The molecule has 1 aliphatic rings. The van der Waals surface area contributed by atoms with Crippen LogP contribution in [-0.2, 0) is 21.9 Å². The molecule has 10 heteroatoms. The highest BCUT2D eigenvalue weighted by molar-refractivity contribution is 5.91. The van der Waals surface area contributed by atoms with Crippen molar-refractivity contribution in [3.8, 4) is 11.5 Å². The molecule has 3 aromatic rings. The Morgan fingerprint density at radius 1 is 1.18 bits per heavy atom. The fourth-order valence-electron chi connectivity index (χ4n) is 3.71. The quantitative estimate of drug-likeness (QED) is 0.508. The third kappa shape index (κ3) is 5.34. The Morgan fingerprint density at radius 3 is 2.71 bits per heavy atom. The van der Waals surface area contributed by atoms with Crippen LogP contribution in [0.25, 0.3) is 10.9 Å². The van der Waals surface area contributed by atoms with Crippen molar-refractivity contribution < 1.29 is 32.1 Å². The van der Waals surface area contributed by atoms with Crippen LogP contribution < -0.4 is 14.8 Å². The number of fused-ring (bicyclic) bond motifs is 1. The molecule has 0 saturated carbocycles. The molecule has 1 aromatic heterocycles. The first-order chi connectivity index (χ1) is 16.3. The van der Waals surface area contributed by atoms with Gasteiger partial charge in [-0.15, -0.1) is 0 Å². The Bertz CT molecular complexity index is 1160. The van der Waals surface area contributed by atoms with Crippen molar-refractivity contribution in [1.82, 2.24) is 9.97 Å². The lowest BCUT2D eigenvalue weighted by molar-refractivity contribution is -0.101. The first-order valence-corrected chi connectivity index (χ1v) is 10.8. The fourth-order valence-corrected chi connectivity index (χ4v) is 3.71. The Hall–Kier alpha value is -3.11. The number of alkyl halides is 2. The van der Waals surface area contributed by atoms with E-state index in [2.05, 4.69) is 15.3 Å². The molecule has 0 spiro atoms. The number of hydrogen-bond acceptors (Lipinski definition) is 7. The predicted octanol–water partition coefficient (Wildman–Crippen LogP) is 4.60. The van der Waals surface area contributed by atoms with Crippen molar-refractivity contribution in [2.24, 2.45) is 0 Å². The molecular weight excluding hydrogens is 451 g/mol. The van der Waals surface area contributed by atoms with E-state index in [0.717, 1.165) is 6.07 Å². The Labute approximate surface area is 195 Å². The Kier molecular flexibility index (Phi) is 7.08. The summed E-state index contributed by atoms with van der Waals surface area (Å²) >= 11 is 0. The topological polar surface area (TPSA) is 74.7 Å². The molecule has 1 aliphatic heterocycles. The van der Waals surface area contributed by atoms with E-state index in [1.165, 1.54) is 19.2 Å². The van der Waals surface area contributed by atoms with E-state index in [1.807, 2.05) is 0 Å². The molecule has 4 rings (SSSR count). The van der Waals surface area contributed by atoms with Crippen LogP contribution >= 0.6 is 0 Å². The lowest BCUT2D eigenvalue weighted by atomic mass is 10.0. The van der Waals surface area contributed by atoms with Crippen LogP contribution in [0.3, 0.4) is 0 Å². The summed E-state index contributed by atoms with van der Waals surface area (Å²) in [6.07, 6.45) is -0.201. The van der Waals surface area contributed by atoms with Gasteiger partial charge in [0.05, 0.1) is 38.0 Å². The lowest BCUT2D eigenvalue weighted by Gasteiger charge is -2.23. The number of rotatable bonds is 8. The van der Waals surface area contributed by atoms with E-state index >= 15 is 0 Å². The summed E-state index contributed by atoms with van der Waals surface area (Å²) < 4.78 is 64.5. The van der Waals surface area contributed by atoms with Gasteiger partial charge in [0.15, 0.2) is 11.5 Å². The van der Waals surface area contributed by atoms with Gasteiger partial charge in [-0.3, -0.25) is 0 Å². The van der Waals surface area contributed by atoms with Crippen LogP contribution in [0.4, 0.5) is 19.0 Å². The summed E-state index contributed by atoms with van der Waals surface area (Å²) in [6.45, 7) is 4.11. The largest absolute Gasteiger partial charge is 0.493 e. The molecule has 34 heavy (non-hydrogen) atoms. The fraction of sp³-hybridized carbons (Fsp3) is 0.417. The molecule has 182 valence electrons. The van der Waals surface area contributed by atoms with Gasteiger partial charge in [-0.25, -0.2) is 23.1 Å². The van der Waals surface area contributed by atoms with Crippen molar-refractivity contribution in [2.75, 3.05) is 38.9 Å². The number of halogens is 3. The summed E-state index contributed by atoms with van der Waals surface area (Å²) in [5.41, 5.74) is 0.0403. The maximum absolute atomic E-state index is 14.7. The molecule has 2 heterocycles. The number of benzene rings is 2. The summed E-state index contributed by atoms with van der Waals surface area (Å²) in [4.78, 5) is 8.88. The van der Waals surface area contributed by atoms with Gasteiger partial charge in [0, 0.05) is 30.5 Å². The average Bonchev–Trinajstić information content (AvgIpc) is 2.81. The van der Waals surface area contributed by atoms with Crippen molar-refractivity contribution in [3.63, 3.8) is 0 Å². The van der Waals surface area contributed by atoms with Crippen molar-refractivity contribution >= 4 is 16.7 Å². The monoisotopic (exact) mass is 477 g/mol. The first kappa shape index (κ1) is 24.0. The number of hydrogen-bond donors (Lipinski definition) is 1. The highest BCUT2D eigenvalue weighted by Crippen LogP contribution is 2.35. The molecular formula is C24H26F3N3O4. The zero-order valence-corrected chi connectivity index (χ0v) is 19.2. The highest BCUT2D eigenvalue weighted by Gasteiger charge is 2.29. The number of anilines is 1. The Balaban J connectivity index is 1.62. The van der Waals surface area contributed by atoms with Crippen LogP contribution in [0, 0.1) is 12.7 Å². The molecule has 1 atom stereocenters. The second kappa shape index (κ2) is 10.0. The lowest BCUT2D eigenvalue weighted by Crippen LogP contribution is -2.33. The van der Waals surface area contributed by atoms with E-state index < -0.39 is 17.3 Å². The molecule has 0 radical (unpaired) electrons. The highest BCUT2D eigenvalue weighted by atomic mass is 19.3. The van der Waals surface area contributed by atoms with Crippen LogP contribution in [0.15, 0.2) is 30.3 Å². The maximum Gasteiger partial charge on any atom is 0.273 e. The molecule has 1 unspecified atom stereocenters. The molecule has 0 aliphatic carbocycles. The maximum atomic E-state index is 14.7. The SMILES string of the molecule is COc1cc2nc(C)nc(NCc3cccc(C(C)(F)F)c3F)c2cc1OCC1COCCO1. The van der Waals surface area contributed by atoms with Gasteiger partial charge in [0.1, 0.15) is 30.2 Å². The van der Waals surface area contributed by atoms with Crippen LogP contribution in [0.5, 0.6) is 11.5 Å². The van der Waals surface area contributed by atoms with E-state index in [1.54, 1.807) is 19.1 Å². The van der Waals surface area contributed by atoms with Gasteiger partial charge in [-0.05, 0) is 13.0 Å². The third-order valence-corrected chi connectivity index (χ3v) is 5.40. The normalized spacial score (nSPS) is 16.5. The second-order valence-electron chi connectivity index (χ2n) is 8.04. The number of aromatic nitrogens is 2. The smallest absolute Gasteiger partial charge is 0.273 e. The minimum absolute atomic E-state index is 0.0449. The van der Waals surface area contributed by atoms with Gasteiger partial charge in [0.2, 0.25) is 0 Å². The van der Waals surface area contributed by atoms with Crippen molar-refractivity contribution in [1.29, 1.82) is 0 Å². The van der Waals surface area contributed by atoms with Gasteiger partial charge in [-0.1, -0.05) is 18.2 Å². The van der Waals surface area contributed by atoms with Crippen LogP contribution in [-0.4, -0.2) is 49.6 Å². The average molecular weight is 477 g/mol. The Morgan fingerprint density at radius 2 is 2.00 bits per heavy atom. The summed E-state index contributed by atoms with van der Waals surface area (Å²) in [6, 6.07) is 7.40. The molecule has 1 N–H and O–H groups in total. The van der Waals surface area contributed by atoms with Gasteiger partial charge < -0.3 is 24.3 Å². The zero-order chi connectivity index (χ0) is 24.3. The molecule has 7 nitrogen and oxygen atoms in total. The summed E-state index contributed by atoms with van der Waals surface area (Å²) in [7, 11) is 1.53. The minimum Gasteiger partial charge on any atom is -0.493 e. The minimum atomic E-state index is -3.28. The van der Waals surface area contributed by atoms with Gasteiger partial charge in [0.25, 0.3) is 5.92 Å². The predicted molar refractivity (Wildman–Crippen MR) is 120 cm³/mol. The van der Waals surface area contributed by atoms with E-state index in [9.17, 15) is 13.2 Å². The van der Waals surface area contributed by atoms with Crippen LogP contribution in [0.2, 0.25) is 0 Å². The van der Waals surface area contributed by atoms with Gasteiger partial charge >= 0.3 is 0 Å². The zero-order valence-electron chi connectivity index (χ0n) is 19.2. The van der Waals surface area contributed by atoms with Crippen molar-refractivity contribution in [3.05, 3.63) is 53.1 Å². The van der Waals surface area contributed by atoms with E-state index in [-0.39, 0.29) is 24.8 Å². The second-order valence-corrected chi connectivity index (χ2v) is 8.04. The molecule has 0 bridgehead atoms. The number of aryl methyl sites for hydroxylation is 1. The third-order valence-electron chi connectivity index (χ3n) is 5.40. The number of ether oxygens (including phenoxy) is 4. The summed E-state index contributed by atoms with van der Waals surface area (Å²) in [5, 5.41) is 3.67. The molecule has 1 saturated heterocycles. The van der Waals surface area contributed by atoms with Crippen LogP contribution in [0.1, 0.15) is 23.9 Å².